The number of hydrogen-bond donors (Lipinski definition) is 0. The van der Waals surface area contributed by atoms with E-state index in [-0.39, 0.29) is 182 Å². The van der Waals surface area contributed by atoms with Crippen molar-refractivity contribution in [3.8, 4) is 0 Å². The minimum Gasteiger partial charge on any atom is 4.00 e. The Kier molecular flexibility index (Phi) is 86.3. The molecule has 0 aliphatic heterocycles. The number of fused-ring (bicyclic) bond motifs is 4. The van der Waals surface area contributed by atoms with Gasteiger partial charge in [-0.05, 0) is 181 Å². The Hall–Kier alpha value is 5.39. The Balaban J connectivity index is -0.000000101. The first-order valence-corrected chi connectivity index (χ1v) is 69.2. The van der Waals surface area contributed by atoms with Crippen molar-refractivity contribution in [2.45, 2.75) is 423 Å². The maximum Gasteiger partial charge on any atom is 4.00 e. The minimum absolute atomic E-state index is 0. The summed E-state index contributed by atoms with van der Waals surface area (Å²) in [6.07, 6.45) is 58.9. The molecule has 0 radical (unpaired) electrons. The topological polar surface area (TPSA) is 0 Å². The second kappa shape index (κ2) is 66.9. The van der Waals surface area contributed by atoms with Crippen molar-refractivity contribution in [2.24, 2.45) is 94.7 Å². The van der Waals surface area contributed by atoms with Crippen LogP contribution < -0.4 is 0 Å². The van der Waals surface area contributed by atoms with E-state index in [1.165, 1.54) is 77.0 Å². The molecule has 20 unspecified atom stereocenters. The van der Waals surface area contributed by atoms with Gasteiger partial charge in [0.15, 0.2) is 0 Å². The van der Waals surface area contributed by atoms with Gasteiger partial charge in [-0.25, -0.2) is 0 Å². The van der Waals surface area contributed by atoms with Crippen LogP contribution in [0.2, 0.25) is 151 Å². The largest absolute Gasteiger partial charge is 4.00 e. The maximum atomic E-state index is 4.93. The molecule has 12 rings (SSSR count). The standard InChI is InChI=1S/2C20H44Si3.2C11H20.2C10H18.14CH3.2ClH.2Hf.2Zr/c2*1-21(2,3)15-17-9-11-19(13-17)23(7,8)20-12-10-18(14-20)16-22(4,5)6;2*1-2-9-7-8-10-5-3-4-6-11(9)10;2*1-8-6-7-9-4-2-3-5-10(8)9;;;;;;;;;;;;;;;;;;;;/h2*17-20H,9-16H2,1-8H3;2*9-11H,2-8H2,1H3;2*8-10H,2-7H2,1H3;14*1H3;2*1H;;;;/q;;;;;;14*-1;;;4*+4/p-2. The Morgan fingerprint density at radius 3 is 0.639 bits per heavy atom. The van der Waals surface area contributed by atoms with E-state index in [1.54, 1.807) is 191 Å². The molecule has 0 bridgehead atoms. The fourth-order valence-corrected chi connectivity index (χ4v) is 41.8. The van der Waals surface area contributed by atoms with Gasteiger partial charge >= 0.3 is 116 Å². The van der Waals surface area contributed by atoms with Gasteiger partial charge in [0, 0.05) is 32.3 Å². The molecular formula is C96H206Cl2Hf2Si6Zr2. The molecular weight excluding hydrogens is 1930 g/mol. The number of halogens is 2. The van der Waals surface area contributed by atoms with Gasteiger partial charge in [-0.15, -0.1) is 0 Å². The second-order valence-electron chi connectivity index (χ2n) is 41.7. The maximum absolute atomic E-state index is 4.93. The van der Waals surface area contributed by atoms with Gasteiger partial charge in [0.1, 0.15) is 0 Å². The molecule has 0 amide bonds. The van der Waals surface area contributed by atoms with Gasteiger partial charge in [-0.2, -0.15) is 0 Å². The predicted octanol–water partition coefficient (Wildman–Crippen LogP) is 36.8. The van der Waals surface area contributed by atoms with Crippen molar-refractivity contribution in [3.05, 3.63) is 104 Å². The fraction of sp³-hybridized carbons (Fsp3) is 0.854. The summed E-state index contributed by atoms with van der Waals surface area (Å²) in [5.74, 6) is 17.9. The summed E-state index contributed by atoms with van der Waals surface area (Å²) in [6, 6.07) is 6.38. The molecule has 20 atom stereocenters. The summed E-state index contributed by atoms with van der Waals surface area (Å²) in [6.45, 7) is 51.6. The average Bonchev–Trinajstić information content (AvgIpc) is 1.64. The van der Waals surface area contributed by atoms with Crippen LogP contribution in [0.5, 0.6) is 0 Å². The van der Waals surface area contributed by atoms with Crippen LogP contribution in [-0.2, 0) is 98.7 Å². The van der Waals surface area contributed by atoms with E-state index in [0.29, 0.717) is 0 Å². The molecule has 12 saturated carbocycles. The molecule has 12 aliphatic rings. The summed E-state index contributed by atoms with van der Waals surface area (Å²) in [5.41, 5.74) is 4.61. The first-order chi connectivity index (χ1) is 42.7. The van der Waals surface area contributed by atoms with Crippen molar-refractivity contribution in [2.75, 3.05) is 0 Å². The van der Waals surface area contributed by atoms with Crippen LogP contribution in [-0.4, -0.2) is 48.4 Å². The number of hydrogen-bond acceptors (Lipinski definition) is 0. The number of rotatable bonds is 14. The third-order valence-corrected chi connectivity index (χ3v) is 47.1. The molecule has 108 heavy (non-hydrogen) atoms. The zero-order valence-corrected chi connectivity index (χ0v) is 101. The van der Waals surface area contributed by atoms with E-state index < -0.39 is 69.3 Å². The zero-order valence-electron chi connectivity index (χ0n) is 81.0. The monoisotopic (exact) mass is 2140 g/mol. The van der Waals surface area contributed by atoms with Crippen LogP contribution in [0, 0.1) is 199 Å². The fourth-order valence-electron chi connectivity index (χ4n) is 24.7. The quantitative estimate of drug-likeness (QED) is 0.120. The van der Waals surface area contributed by atoms with Crippen LogP contribution in [0.25, 0.3) is 0 Å². The smallest absolute Gasteiger partial charge is 4.00 e. The van der Waals surface area contributed by atoms with Crippen LogP contribution in [0.4, 0.5) is 0 Å². The Bertz CT molecular complexity index is 1780. The first kappa shape index (κ1) is 139. The van der Waals surface area contributed by atoms with Gasteiger partial charge in [-0.3, -0.25) is 0 Å². The van der Waals surface area contributed by atoms with Gasteiger partial charge in [0.2, 0.25) is 0 Å². The SMILES string of the molecule is CC1CCC2CCCCC12.CC1CCC2CCCCC12.CCC1CCC2CCCCC12.CCC1CCC2CCCCC12.C[Si](C)(C)CC1CCC([Si](C)(C)C2CCC(C[Si](C)(C)C)C2)C1.C[Si](C)(C)CC1CCC([Si](C)(C)C2CCC(C[Si](C)(C)C)C2)C1.[CH3-].[CH3-].[CH3-].[CH3-].[CH3-].[CH3-].[CH3-].[CH3-].[CH3-].[CH3-].[CH3-].[CH3-].[CH3-].[CH3-].[Cl][Zr+2][Cl].[Hf+4].[Hf+4].[Zr+4]. The molecule has 0 nitrogen and oxygen atoms in total. The van der Waals surface area contributed by atoms with Crippen LogP contribution in [0.3, 0.4) is 0 Å². The van der Waals surface area contributed by atoms with Crippen LogP contribution in [0.1, 0.15) is 272 Å². The van der Waals surface area contributed by atoms with E-state index >= 15 is 0 Å². The van der Waals surface area contributed by atoms with E-state index in [9.17, 15) is 0 Å². The van der Waals surface area contributed by atoms with Crippen LogP contribution >= 0.6 is 17.0 Å². The van der Waals surface area contributed by atoms with E-state index in [2.05, 4.69) is 132 Å². The van der Waals surface area contributed by atoms with Crippen molar-refractivity contribution < 1.29 is 98.7 Å². The Labute approximate surface area is 776 Å². The summed E-state index contributed by atoms with van der Waals surface area (Å²) in [7, 11) is 4.35. The van der Waals surface area contributed by atoms with Gasteiger partial charge < -0.3 is 104 Å². The Morgan fingerprint density at radius 2 is 0.444 bits per heavy atom. The summed E-state index contributed by atoms with van der Waals surface area (Å²) in [5, 5.41) is 0. The van der Waals surface area contributed by atoms with Crippen molar-refractivity contribution in [1.82, 2.24) is 0 Å². The van der Waals surface area contributed by atoms with Crippen molar-refractivity contribution in [1.29, 1.82) is 0 Å². The Morgan fingerprint density at radius 1 is 0.259 bits per heavy atom. The summed E-state index contributed by atoms with van der Waals surface area (Å²) < 4.78 is 0. The molecule has 12 aliphatic carbocycles. The third-order valence-electron chi connectivity index (χ3n) is 29.4. The van der Waals surface area contributed by atoms with E-state index in [4.69, 9.17) is 17.0 Å². The molecule has 0 saturated heterocycles. The van der Waals surface area contributed by atoms with Crippen molar-refractivity contribution >= 4 is 65.5 Å². The zero-order chi connectivity index (χ0) is 67.0. The second-order valence-corrected chi connectivity index (χ2v) is 78.1. The van der Waals surface area contributed by atoms with Gasteiger partial charge in [0.25, 0.3) is 0 Å². The molecule has 644 valence electrons. The molecule has 0 aromatic heterocycles. The van der Waals surface area contributed by atoms with E-state index in [0.717, 1.165) is 117 Å². The summed E-state index contributed by atoms with van der Waals surface area (Å²) >= 11 is -0.826. The molecule has 12 fully saturated rings. The van der Waals surface area contributed by atoms with Crippen molar-refractivity contribution in [3.63, 3.8) is 0 Å². The molecule has 0 N–H and O–H groups in total. The molecule has 12 heteroatoms. The normalized spacial score (nSPS) is 32.0. The molecule has 0 spiro atoms. The minimum atomic E-state index is -1.04. The summed E-state index contributed by atoms with van der Waals surface area (Å²) in [4.78, 5) is 0. The first-order valence-electron chi connectivity index (χ1n) is 41.7. The van der Waals surface area contributed by atoms with Gasteiger partial charge in [-0.1, -0.05) is 336 Å². The molecule has 0 heterocycles. The van der Waals surface area contributed by atoms with Crippen LogP contribution in [0.15, 0.2) is 0 Å². The molecule has 0 aromatic rings. The van der Waals surface area contributed by atoms with Gasteiger partial charge in [0.05, 0.1) is 16.1 Å². The third kappa shape index (κ3) is 47.3. The molecule has 0 aromatic carbocycles. The van der Waals surface area contributed by atoms with E-state index in [1.807, 2.05) is 0 Å². The average molecular weight is 2140 g/mol. The predicted molar refractivity (Wildman–Crippen MR) is 518 cm³/mol.